The summed E-state index contributed by atoms with van der Waals surface area (Å²) in [4.78, 5) is 22.3. The van der Waals surface area contributed by atoms with E-state index < -0.39 is 18.0 Å². The van der Waals surface area contributed by atoms with Crippen molar-refractivity contribution in [2.24, 2.45) is 0 Å². The normalized spacial score (nSPS) is 11.6. The minimum atomic E-state index is -1.02. The number of aliphatic carboxylic acids is 1. The van der Waals surface area contributed by atoms with Gasteiger partial charge in [0.2, 0.25) is 0 Å². The average molecular weight is 358 g/mol. The Morgan fingerprint density at radius 1 is 1.00 bits per heavy atom. The third-order valence-corrected chi connectivity index (χ3v) is 3.93. The lowest BCUT2D eigenvalue weighted by atomic mass is 10.1. The number of aryl methyl sites for hydroxylation is 2. The summed E-state index contributed by atoms with van der Waals surface area (Å²) in [6.45, 7) is 3.94. The van der Waals surface area contributed by atoms with Gasteiger partial charge in [-0.05, 0) is 62.1 Å². The topological polar surface area (TPSA) is 93.1 Å². The fraction of sp³-hybridized carbons (Fsp3) is 0.300. The summed E-state index contributed by atoms with van der Waals surface area (Å²) in [6, 6.07) is 11.9. The van der Waals surface area contributed by atoms with Crippen molar-refractivity contribution in [1.82, 2.24) is 0 Å². The van der Waals surface area contributed by atoms with Crippen molar-refractivity contribution < 1.29 is 29.3 Å². The molecule has 0 fully saturated rings. The molecule has 0 heterocycles. The molecule has 0 aliphatic rings. The number of carboxylic acid groups (broad SMARTS) is 2. The Morgan fingerprint density at radius 3 is 2.35 bits per heavy atom. The molecule has 0 aliphatic heterocycles. The van der Waals surface area contributed by atoms with E-state index in [9.17, 15) is 14.7 Å². The van der Waals surface area contributed by atoms with Crippen LogP contribution >= 0.6 is 0 Å². The molecule has 1 atom stereocenters. The summed E-state index contributed by atoms with van der Waals surface area (Å²) in [7, 11) is 0. The zero-order valence-electron chi connectivity index (χ0n) is 14.8. The Kier molecular flexibility index (Phi) is 6.60. The first kappa shape index (κ1) is 19.3. The SMILES string of the molecule is Cc1cc(C(=O)O)ccc1OCCCC(Oc1ccccc1C)C(=O)O. The molecule has 2 N–H and O–H groups in total. The summed E-state index contributed by atoms with van der Waals surface area (Å²) in [5.41, 5.74) is 1.80. The van der Waals surface area contributed by atoms with Crippen molar-refractivity contribution in [2.75, 3.05) is 6.61 Å². The van der Waals surface area contributed by atoms with Crippen LogP contribution in [0.15, 0.2) is 42.5 Å². The highest BCUT2D eigenvalue weighted by Crippen LogP contribution is 2.21. The number of para-hydroxylation sites is 1. The zero-order valence-corrected chi connectivity index (χ0v) is 14.8. The number of rotatable bonds is 9. The van der Waals surface area contributed by atoms with Gasteiger partial charge in [0.25, 0.3) is 0 Å². The third kappa shape index (κ3) is 5.24. The maximum atomic E-state index is 11.4. The molecule has 0 radical (unpaired) electrons. The zero-order chi connectivity index (χ0) is 19.1. The number of ether oxygens (including phenoxy) is 2. The maximum absolute atomic E-state index is 11.4. The summed E-state index contributed by atoms with van der Waals surface area (Å²) in [5.74, 6) is -0.866. The molecule has 0 saturated heterocycles. The largest absolute Gasteiger partial charge is 0.493 e. The minimum absolute atomic E-state index is 0.201. The fourth-order valence-corrected chi connectivity index (χ4v) is 2.47. The van der Waals surface area contributed by atoms with E-state index in [-0.39, 0.29) is 5.56 Å². The van der Waals surface area contributed by atoms with E-state index >= 15 is 0 Å². The third-order valence-electron chi connectivity index (χ3n) is 3.93. The van der Waals surface area contributed by atoms with E-state index in [1.807, 2.05) is 19.1 Å². The molecule has 6 nitrogen and oxygen atoms in total. The van der Waals surface area contributed by atoms with Crippen molar-refractivity contribution in [1.29, 1.82) is 0 Å². The molecule has 2 aromatic rings. The van der Waals surface area contributed by atoms with Gasteiger partial charge >= 0.3 is 11.9 Å². The number of carbonyl (C=O) groups is 2. The minimum Gasteiger partial charge on any atom is -0.493 e. The van der Waals surface area contributed by atoms with Gasteiger partial charge in [-0.1, -0.05) is 18.2 Å². The Balaban J connectivity index is 1.88. The van der Waals surface area contributed by atoms with Gasteiger partial charge in [0, 0.05) is 0 Å². The van der Waals surface area contributed by atoms with Gasteiger partial charge in [-0.3, -0.25) is 0 Å². The predicted octanol–water partition coefficient (Wildman–Crippen LogP) is 3.69. The number of carboxylic acids is 2. The van der Waals surface area contributed by atoms with Crippen LogP contribution in [0.3, 0.4) is 0 Å². The molecule has 26 heavy (non-hydrogen) atoms. The van der Waals surface area contributed by atoms with Gasteiger partial charge in [-0.2, -0.15) is 0 Å². The van der Waals surface area contributed by atoms with Crippen LogP contribution in [-0.2, 0) is 4.79 Å². The molecule has 0 spiro atoms. The van der Waals surface area contributed by atoms with E-state index in [0.29, 0.717) is 30.9 Å². The first-order valence-electron chi connectivity index (χ1n) is 8.30. The first-order chi connectivity index (χ1) is 12.4. The van der Waals surface area contributed by atoms with Gasteiger partial charge in [0.1, 0.15) is 11.5 Å². The van der Waals surface area contributed by atoms with Crippen LogP contribution in [0.25, 0.3) is 0 Å². The van der Waals surface area contributed by atoms with Gasteiger partial charge in [-0.15, -0.1) is 0 Å². The molecule has 2 aromatic carbocycles. The molecule has 2 rings (SSSR count). The summed E-state index contributed by atoms with van der Waals surface area (Å²) in [5, 5.41) is 18.3. The van der Waals surface area contributed by atoms with Gasteiger partial charge in [0.15, 0.2) is 6.10 Å². The Hall–Kier alpha value is -3.02. The molecule has 6 heteroatoms. The molecule has 0 bridgehead atoms. The maximum Gasteiger partial charge on any atom is 0.344 e. The van der Waals surface area contributed by atoms with E-state index in [1.165, 1.54) is 6.07 Å². The lowest BCUT2D eigenvalue weighted by molar-refractivity contribution is -0.145. The molecular formula is C20H22O6. The van der Waals surface area contributed by atoms with Crippen LogP contribution in [0.1, 0.15) is 34.3 Å². The highest BCUT2D eigenvalue weighted by molar-refractivity contribution is 5.88. The van der Waals surface area contributed by atoms with Crippen LogP contribution in [0, 0.1) is 13.8 Å². The first-order valence-corrected chi connectivity index (χ1v) is 8.30. The quantitative estimate of drug-likeness (QED) is 0.664. The van der Waals surface area contributed by atoms with Gasteiger partial charge in [0.05, 0.1) is 12.2 Å². The highest BCUT2D eigenvalue weighted by atomic mass is 16.5. The Morgan fingerprint density at radius 2 is 1.73 bits per heavy atom. The standard InChI is InChI=1S/C20H22O6/c1-13-6-3-4-7-17(13)26-18(20(23)24)8-5-11-25-16-10-9-15(19(21)22)12-14(16)2/h3-4,6-7,9-10,12,18H,5,8,11H2,1-2H3,(H,21,22)(H,23,24). The molecule has 138 valence electrons. The second-order valence-corrected chi connectivity index (χ2v) is 5.99. The smallest absolute Gasteiger partial charge is 0.344 e. The fourth-order valence-electron chi connectivity index (χ4n) is 2.47. The Bertz CT molecular complexity index is 784. The van der Waals surface area contributed by atoms with E-state index in [0.717, 1.165) is 11.1 Å². The van der Waals surface area contributed by atoms with Crippen LogP contribution in [-0.4, -0.2) is 34.9 Å². The van der Waals surface area contributed by atoms with E-state index in [2.05, 4.69) is 0 Å². The molecule has 0 aromatic heterocycles. The molecule has 0 aliphatic carbocycles. The lowest BCUT2D eigenvalue weighted by Crippen LogP contribution is -2.27. The van der Waals surface area contributed by atoms with Crippen molar-refractivity contribution in [3.05, 3.63) is 59.2 Å². The Labute approximate surface area is 152 Å². The second kappa shape index (κ2) is 8.89. The lowest BCUT2D eigenvalue weighted by Gasteiger charge is -2.17. The van der Waals surface area contributed by atoms with Crippen molar-refractivity contribution in [3.63, 3.8) is 0 Å². The number of hydrogen-bond acceptors (Lipinski definition) is 4. The van der Waals surface area contributed by atoms with Gasteiger partial charge < -0.3 is 19.7 Å². The van der Waals surface area contributed by atoms with Gasteiger partial charge in [-0.25, -0.2) is 9.59 Å². The molecular weight excluding hydrogens is 336 g/mol. The van der Waals surface area contributed by atoms with E-state index in [1.54, 1.807) is 31.2 Å². The van der Waals surface area contributed by atoms with Crippen molar-refractivity contribution in [2.45, 2.75) is 32.8 Å². The van der Waals surface area contributed by atoms with E-state index in [4.69, 9.17) is 14.6 Å². The molecule has 0 amide bonds. The van der Waals surface area contributed by atoms with Crippen LogP contribution in [0.2, 0.25) is 0 Å². The van der Waals surface area contributed by atoms with Crippen LogP contribution < -0.4 is 9.47 Å². The van der Waals surface area contributed by atoms with Crippen LogP contribution in [0.5, 0.6) is 11.5 Å². The predicted molar refractivity (Wildman–Crippen MR) is 96.1 cm³/mol. The number of benzene rings is 2. The number of hydrogen-bond donors (Lipinski definition) is 2. The number of aromatic carboxylic acids is 1. The summed E-state index contributed by atoms with van der Waals surface area (Å²) in [6.07, 6.45) is -0.158. The second-order valence-electron chi connectivity index (χ2n) is 5.99. The molecule has 1 unspecified atom stereocenters. The summed E-state index contributed by atoms with van der Waals surface area (Å²) < 4.78 is 11.2. The summed E-state index contributed by atoms with van der Waals surface area (Å²) >= 11 is 0. The average Bonchev–Trinajstić information content (AvgIpc) is 2.59. The van der Waals surface area contributed by atoms with Crippen molar-refractivity contribution in [3.8, 4) is 11.5 Å². The monoisotopic (exact) mass is 358 g/mol. The molecule has 0 saturated carbocycles. The van der Waals surface area contributed by atoms with Crippen LogP contribution in [0.4, 0.5) is 0 Å². The van der Waals surface area contributed by atoms with Crippen molar-refractivity contribution >= 4 is 11.9 Å². The highest BCUT2D eigenvalue weighted by Gasteiger charge is 2.20.